The number of alkyl halides is 21. The molecule has 308 valence electrons. The third-order valence-electron chi connectivity index (χ3n) is 11.7. The Balaban J connectivity index is 2.31. The minimum absolute atomic E-state index is 0.0572. The molecule has 0 radical (unpaired) electrons. The summed E-state index contributed by atoms with van der Waals surface area (Å²) in [5, 5.41) is 19.9. The number of halogens is 21. The quantitative estimate of drug-likeness (QED) is 0.252. The summed E-state index contributed by atoms with van der Waals surface area (Å²) in [6.45, 7) is 2.02. The van der Waals surface area contributed by atoms with Crippen LogP contribution in [0.1, 0.15) is 59.8 Å². The molecule has 0 aromatic rings. The highest BCUT2D eigenvalue weighted by Crippen LogP contribution is 2.70. The normalized spacial score (nSPS) is 33.2. The molecule has 3 aliphatic rings. The van der Waals surface area contributed by atoms with Crippen molar-refractivity contribution < 1.29 is 107 Å². The molecule has 0 amide bonds. The van der Waals surface area contributed by atoms with Gasteiger partial charge in [0.25, 0.3) is 22.7 Å². The van der Waals surface area contributed by atoms with E-state index in [2.05, 4.69) is 4.74 Å². The number of aliphatic hydroxyl groups is 2. The zero-order valence-corrected chi connectivity index (χ0v) is 26.8. The Morgan fingerprint density at radius 1 is 0.500 bits per heavy atom. The summed E-state index contributed by atoms with van der Waals surface area (Å²) in [5.74, 6) is -23.0. The summed E-state index contributed by atoms with van der Waals surface area (Å²) in [7, 11) is 0. The second-order valence-corrected chi connectivity index (χ2v) is 14.7. The first-order valence-electron chi connectivity index (χ1n) is 15.1. The molecule has 0 saturated heterocycles. The van der Waals surface area contributed by atoms with E-state index in [1.54, 1.807) is 0 Å². The first-order valence-corrected chi connectivity index (χ1v) is 15.1. The van der Waals surface area contributed by atoms with Crippen molar-refractivity contribution in [1.82, 2.24) is 0 Å². The van der Waals surface area contributed by atoms with Gasteiger partial charge in [-0.2, -0.15) is 79.0 Å². The summed E-state index contributed by atoms with van der Waals surface area (Å²) in [6.07, 6.45) is -53.8. The van der Waals surface area contributed by atoms with Gasteiger partial charge in [0.1, 0.15) is 0 Å². The Morgan fingerprint density at radius 2 is 0.808 bits per heavy atom. The number of rotatable bonds is 7. The van der Waals surface area contributed by atoms with Gasteiger partial charge < -0.3 is 14.9 Å². The van der Waals surface area contributed by atoms with Gasteiger partial charge >= 0.3 is 37.1 Å². The van der Waals surface area contributed by atoms with Crippen molar-refractivity contribution in [3.05, 3.63) is 0 Å². The molecule has 52 heavy (non-hydrogen) atoms. The van der Waals surface area contributed by atoms with Gasteiger partial charge in [0.15, 0.2) is 5.67 Å². The van der Waals surface area contributed by atoms with Crippen LogP contribution in [0.3, 0.4) is 0 Å². The maximum absolute atomic E-state index is 16.3. The smallest absolute Gasteiger partial charge is 0.373 e. The fourth-order valence-electron chi connectivity index (χ4n) is 8.55. The van der Waals surface area contributed by atoms with Gasteiger partial charge in [0.05, 0.1) is 5.60 Å². The summed E-state index contributed by atoms with van der Waals surface area (Å²) >= 11 is 0. The monoisotopic (exact) mass is 814 g/mol. The van der Waals surface area contributed by atoms with Gasteiger partial charge in [-0.3, -0.25) is 0 Å². The standard InChI is InChI=1S/C28H31F21O3/c1-10-11(2)16-8-15(10)18(29,22(16,30)31)9-19(23(32,33)34,24(35,36)37)52-17(3,4)12-5-13(20(50,25(38,39)40)26(41,42)43)7-14(6-12)21(51,27(44,45)46)28(47,48)49/h10-16,50-51H,5-9H2,1-4H3. The highest BCUT2D eigenvalue weighted by atomic mass is 19.4. The van der Waals surface area contributed by atoms with Crippen LogP contribution < -0.4 is 0 Å². The Bertz CT molecular complexity index is 1220. The predicted octanol–water partition coefficient (Wildman–Crippen LogP) is 10.0. The average Bonchev–Trinajstić information content (AvgIpc) is 3.32. The third kappa shape index (κ3) is 6.30. The van der Waals surface area contributed by atoms with Crippen LogP contribution in [0.4, 0.5) is 92.2 Å². The molecule has 7 unspecified atom stereocenters. The van der Waals surface area contributed by atoms with Crippen molar-refractivity contribution in [2.24, 2.45) is 41.4 Å². The molecule has 2 bridgehead atoms. The maximum Gasteiger partial charge on any atom is 0.426 e. The zero-order chi connectivity index (χ0) is 41.3. The second-order valence-electron chi connectivity index (χ2n) is 14.7. The van der Waals surface area contributed by atoms with E-state index in [0.717, 1.165) is 13.8 Å². The molecule has 0 heterocycles. The minimum Gasteiger partial charge on any atom is -0.373 e. The molecule has 3 aliphatic carbocycles. The number of ether oxygens (including phenoxy) is 1. The van der Waals surface area contributed by atoms with Crippen molar-refractivity contribution in [2.45, 2.75) is 131 Å². The van der Waals surface area contributed by atoms with Gasteiger partial charge in [0.2, 0.25) is 0 Å². The summed E-state index contributed by atoms with van der Waals surface area (Å²) in [4.78, 5) is 0. The number of hydrogen-bond acceptors (Lipinski definition) is 3. The Kier molecular flexibility index (Phi) is 10.5. The van der Waals surface area contributed by atoms with Crippen LogP contribution in [0.5, 0.6) is 0 Å². The molecule has 0 aromatic carbocycles. The van der Waals surface area contributed by atoms with Gasteiger partial charge in [-0.25, -0.2) is 13.2 Å². The largest absolute Gasteiger partial charge is 0.426 e. The van der Waals surface area contributed by atoms with Crippen molar-refractivity contribution in [3.8, 4) is 0 Å². The van der Waals surface area contributed by atoms with Crippen molar-refractivity contribution >= 4 is 0 Å². The van der Waals surface area contributed by atoms with E-state index in [0.29, 0.717) is 0 Å². The van der Waals surface area contributed by atoms with Gasteiger partial charge in [-0.15, -0.1) is 0 Å². The lowest BCUT2D eigenvalue weighted by molar-refractivity contribution is -0.424. The second kappa shape index (κ2) is 12.2. The molecular formula is C28H31F21O3. The minimum atomic E-state index is -7.06. The summed E-state index contributed by atoms with van der Waals surface area (Å²) in [6, 6.07) is 0. The molecule has 3 saturated carbocycles. The molecule has 3 nitrogen and oxygen atoms in total. The summed E-state index contributed by atoms with van der Waals surface area (Å²) < 4.78 is 306. The molecule has 0 aromatic heterocycles. The lowest BCUT2D eigenvalue weighted by Gasteiger charge is -2.54. The van der Waals surface area contributed by atoms with Crippen molar-refractivity contribution in [3.63, 3.8) is 0 Å². The van der Waals surface area contributed by atoms with E-state index in [1.807, 2.05) is 0 Å². The maximum atomic E-state index is 16.3. The van der Waals surface area contributed by atoms with Crippen molar-refractivity contribution in [1.29, 1.82) is 0 Å². The van der Waals surface area contributed by atoms with Gasteiger partial charge in [-0.05, 0) is 57.3 Å². The molecule has 2 N–H and O–H groups in total. The molecule has 0 spiro atoms. The highest BCUT2D eigenvalue weighted by Gasteiger charge is 2.84. The lowest BCUT2D eigenvalue weighted by atomic mass is 9.60. The molecule has 7 atom stereocenters. The van der Waals surface area contributed by atoms with Crippen LogP contribution in [-0.4, -0.2) is 81.3 Å². The van der Waals surface area contributed by atoms with E-state index in [1.165, 1.54) is 0 Å². The van der Waals surface area contributed by atoms with Crippen molar-refractivity contribution in [2.75, 3.05) is 0 Å². The third-order valence-corrected chi connectivity index (χ3v) is 11.7. The molecular weight excluding hydrogens is 783 g/mol. The Hall–Kier alpha value is -1.59. The van der Waals surface area contributed by atoms with Crippen LogP contribution in [0, 0.1) is 41.4 Å². The Morgan fingerprint density at radius 3 is 1.10 bits per heavy atom. The van der Waals surface area contributed by atoms with E-state index >= 15 is 13.2 Å². The zero-order valence-electron chi connectivity index (χ0n) is 26.8. The molecule has 3 fully saturated rings. The van der Waals surface area contributed by atoms with Crippen LogP contribution in [0.2, 0.25) is 0 Å². The Labute approximate surface area is 280 Å². The van der Waals surface area contributed by atoms with E-state index in [9.17, 15) is 89.2 Å². The van der Waals surface area contributed by atoms with Crippen LogP contribution >= 0.6 is 0 Å². The molecule has 24 heteroatoms. The summed E-state index contributed by atoms with van der Waals surface area (Å²) in [5.41, 5.74) is -27.3. The van der Waals surface area contributed by atoms with Crippen LogP contribution in [0.15, 0.2) is 0 Å². The van der Waals surface area contributed by atoms with E-state index in [4.69, 9.17) is 0 Å². The topological polar surface area (TPSA) is 49.7 Å². The highest BCUT2D eigenvalue weighted by molar-refractivity contribution is 5.21. The first kappa shape index (κ1) is 44.8. The predicted molar refractivity (Wildman–Crippen MR) is 132 cm³/mol. The molecule has 0 aliphatic heterocycles. The fourth-order valence-corrected chi connectivity index (χ4v) is 8.55. The number of hydrogen-bond donors (Lipinski definition) is 2. The average molecular weight is 815 g/mol. The SMILES string of the molecule is CC1C(C)C2CC1C(F)(F)C2(F)CC(OC(C)(C)C1CC(C(O)(C(F)(F)F)C(F)(F)F)CC(C(O)(C(F)(F)F)C(F)(F)F)C1)(C(F)(F)F)C(F)(F)F. The van der Waals surface area contributed by atoms with E-state index < -0.39 is 145 Å². The van der Waals surface area contributed by atoms with Gasteiger partial charge in [0, 0.05) is 30.1 Å². The first-order chi connectivity index (χ1) is 22.5. The van der Waals surface area contributed by atoms with Crippen LogP contribution in [-0.2, 0) is 4.74 Å². The van der Waals surface area contributed by atoms with Crippen LogP contribution in [0.25, 0.3) is 0 Å². The number of fused-ring (bicyclic) bond motifs is 2. The fraction of sp³-hybridized carbons (Fsp3) is 1.00. The van der Waals surface area contributed by atoms with Gasteiger partial charge in [-0.1, -0.05) is 13.8 Å². The lowest BCUT2D eigenvalue weighted by Crippen LogP contribution is -2.70. The van der Waals surface area contributed by atoms with E-state index in [-0.39, 0.29) is 13.8 Å². The molecule has 3 rings (SSSR count).